The highest BCUT2D eigenvalue weighted by molar-refractivity contribution is 7.87. The summed E-state index contributed by atoms with van der Waals surface area (Å²) in [4.78, 5) is 1.52. The zero-order valence-corrected chi connectivity index (χ0v) is 9.26. The molecule has 0 spiro atoms. The molecule has 1 N–H and O–H groups in total. The minimum atomic E-state index is -4.23. The van der Waals surface area contributed by atoms with E-state index in [0.29, 0.717) is 13.1 Å². The summed E-state index contributed by atoms with van der Waals surface area (Å²) in [5.74, 6) is 0. The van der Waals surface area contributed by atoms with Crippen molar-refractivity contribution in [2.75, 3.05) is 20.2 Å². The molecule has 6 heteroatoms. The van der Waals surface area contributed by atoms with E-state index in [-0.39, 0.29) is 0 Å². The second-order valence-corrected chi connectivity index (χ2v) is 4.46. The van der Waals surface area contributed by atoms with E-state index in [0.717, 1.165) is 0 Å². The number of nitrogens with zero attached hydrogens (tertiary/aromatic N) is 1. The lowest BCUT2D eigenvalue weighted by molar-refractivity contribution is -0.0575. The standard InChI is InChI=1S/C7H17NO4S/c1-5-8(6-2)7(3,12-4)13(9,10)11/h5-6H2,1-4H3,(H,9,10,11). The first-order valence-electron chi connectivity index (χ1n) is 4.10. The Morgan fingerprint density at radius 2 is 1.77 bits per heavy atom. The molecule has 0 aliphatic rings. The summed E-state index contributed by atoms with van der Waals surface area (Å²) in [5.41, 5.74) is 0. The summed E-state index contributed by atoms with van der Waals surface area (Å²) in [5, 5.41) is -1.64. The molecule has 1 atom stereocenters. The quantitative estimate of drug-likeness (QED) is 0.531. The van der Waals surface area contributed by atoms with Crippen LogP contribution in [0.15, 0.2) is 0 Å². The number of ether oxygens (including phenoxy) is 1. The van der Waals surface area contributed by atoms with E-state index >= 15 is 0 Å². The van der Waals surface area contributed by atoms with Crippen molar-refractivity contribution in [1.29, 1.82) is 0 Å². The van der Waals surface area contributed by atoms with Gasteiger partial charge in [0.1, 0.15) is 0 Å². The van der Waals surface area contributed by atoms with Gasteiger partial charge in [-0.05, 0) is 20.0 Å². The van der Waals surface area contributed by atoms with Gasteiger partial charge in [0.05, 0.1) is 0 Å². The topological polar surface area (TPSA) is 66.8 Å². The van der Waals surface area contributed by atoms with Crippen molar-refractivity contribution in [3.05, 3.63) is 0 Å². The van der Waals surface area contributed by atoms with Crippen molar-refractivity contribution in [3.63, 3.8) is 0 Å². The van der Waals surface area contributed by atoms with Gasteiger partial charge in [0.25, 0.3) is 0 Å². The van der Waals surface area contributed by atoms with Gasteiger partial charge in [-0.1, -0.05) is 13.8 Å². The van der Waals surface area contributed by atoms with E-state index < -0.39 is 15.2 Å². The van der Waals surface area contributed by atoms with Gasteiger partial charge in [0.2, 0.25) is 5.06 Å². The fourth-order valence-electron chi connectivity index (χ4n) is 1.20. The molecule has 0 aliphatic heterocycles. The first-order chi connectivity index (χ1) is 5.83. The highest BCUT2D eigenvalue weighted by Crippen LogP contribution is 2.21. The second-order valence-electron chi connectivity index (χ2n) is 2.75. The van der Waals surface area contributed by atoms with Crippen LogP contribution in [-0.4, -0.2) is 43.1 Å². The van der Waals surface area contributed by atoms with Gasteiger partial charge < -0.3 is 4.74 Å². The Morgan fingerprint density at radius 3 is 1.85 bits per heavy atom. The number of hydrogen-bond acceptors (Lipinski definition) is 4. The Labute approximate surface area is 79.4 Å². The molecule has 0 rings (SSSR count). The molecule has 1 unspecified atom stereocenters. The summed E-state index contributed by atoms with van der Waals surface area (Å²) in [7, 11) is -2.98. The van der Waals surface area contributed by atoms with Gasteiger partial charge in [0.15, 0.2) is 0 Å². The van der Waals surface area contributed by atoms with E-state index in [1.807, 2.05) is 0 Å². The molecule has 13 heavy (non-hydrogen) atoms. The van der Waals surface area contributed by atoms with Crippen molar-refractivity contribution in [1.82, 2.24) is 4.90 Å². The van der Waals surface area contributed by atoms with Crippen molar-refractivity contribution >= 4 is 10.1 Å². The molecule has 0 fully saturated rings. The normalized spacial score (nSPS) is 17.4. The third-order valence-electron chi connectivity index (χ3n) is 2.20. The first-order valence-corrected chi connectivity index (χ1v) is 5.54. The smallest absolute Gasteiger partial charge is 0.309 e. The molecule has 0 aromatic rings. The Bertz CT molecular complexity index is 247. The maximum absolute atomic E-state index is 11.0. The van der Waals surface area contributed by atoms with Crippen LogP contribution in [0.3, 0.4) is 0 Å². The fraction of sp³-hybridized carbons (Fsp3) is 1.00. The van der Waals surface area contributed by atoms with Gasteiger partial charge in [-0.15, -0.1) is 0 Å². The van der Waals surface area contributed by atoms with E-state index in [9.17, 15) is 8.42 Å². The molecule has 5 nitrogen and oxygen atoms in total. The summed E-state index contributed by atoms with van der Waals surface area (Å²) < 4.78 is 35.9. The molecule has 0 aliphatic carbocycles. The van der Waals surface area contributed by atoms with Crippen molar-refractivity contribution in [3.8, 4) is 0 Å². The average Bonchev–Trinajstić information content (AvgIpc) is 2.04. The van der Waals surface area contributed by atoms with Crippen LogP contribution in [0.1, 0.15) is 20.8 Å². The van der Waals surface area contributed by atoms with Crippen LogP contribution in [0.5, 0.6) is 0 Å². The lowest BCUT2D eigenvalue weighted by Gasteiger charge is -2.35. The highest BCUT2D eigenvalue weighted by atomic mass is 32.2. The lowest BCUT2D eigenvalue weighted by Crippen LogP contribution is -2.53. The molecule has 0 aromatic heterocycles. The monoisotopic (exact) mass is 211 g/mol. The van der Waals surface area contributed by atoms with Gasteiger partial charge in [-0.2, -0.15) is 8.42 Å². The van der Waals surface area contributed by atoms with Crippen LogP contribution in [0, 0.1) is 0 Å². The van der Waals surface area contributed by atoms with Crippen LogP contribution in [0.2, 0.25) is 0 Å². The van der Waals surface area contributed by atoms with Crippen LogP contribution in [-0.2, 0) is 14.9 Å². The molecule has 80 valence electrons. The zero-order chi connectivity index (χ0) is 10.7. The van der Waals surface area contributed by atoms with E-state index in [1.165, 1.54) is 18.9 Å². The number of methoxy groups -OCH3 is 1. The van der Waals surface area contributed by atoms with Crippen molar-refractivity contribution in [2.45, 2.75) is 25.8 Å². The third kappa shape index (κ3) is 2.40. The third-order valence-corrected chi connectivity index (χ3v) is 3.58. The lowest BCUT2D eigenvalue weighted by atomic mass is 10.4. The molecule has 0 aromatic carbocycles. The maximum atomic E-state index is 11.0. The van der Waals surface area contributed by atoms with E-state index in [2.05, 4.69) is 0 Å². The van der Waals surface area contributed by atoms with Crippen LogP contribution in [0.4, 0.5) is 0 Å². The van der Waals surface area contributed by atoms with Crippen molar-refractivity contribution < 1.29 is 17.7 Å². The number of rotatable bonds is 5. The van der Waals surface area contributed by atoms with E-state index in [4.69, 9.17) is 9.29 Å². The molecular formula is C7H17NO4S. The van der Waals surface area contributed by atoms with Gasteiger partial charge in [-0.3, -0.25) is 9.45 Å². The average molecular weight is 211 g/mol. The summed E-state index contributed by atoms with van der Waals surface area (Å²) in [6, 6.07) is 0. The minimum absolute atomic E-state index is 0.487. The predicted octanol–water partition coefficient (Wildman–Crippen LogP) is 0.536. The second kappa shape index (κ2) is 4.36. The minimum Gasteiger partial charge on any atom is -0.348 e. The van der Waals surface area contributed by atoms with Crippen molar-refractivity contribution in [2.24, 2.45) is 0 Å². The SMILES string of the molecule is CCN(CC)C(C)(OC)S(=O)(=O)O. The Morgan fingerprint density at radius 1 is 1.38 bits per heavy atom. The molecule has 0 radical (unpaired) electrons. The Hall–Kier alpha value is -0.170. The van der Waals surface area contributed by atoms with Gasteiger partial charge in [0, 0.05) is 7.11 Å². The van der Waals surface area contributed by atoms with Crippen LogP contribution < -0.4 is 0 Å². The molecule has 0 amide bonds. The summed E-state index contributed by atoms with van der Waals surface area (Å²) in [6.45, 7) is 5.90. The maximum Gasteiger partial charge on any atom is 0.309 e. The predicted molar refractivity (Wildman–Crippen MR) is 49.9 cm³/mol. The molecular weight excluding hydrogens is 194 g/mol. The van der Waals surface area contributed by atoms with Gasteiger partial charge in [-0.25, -0.2) is 0 Å². The van der Waals surface area contributed by atoms with Gasteiger partial charge >= 0.3 is 10.1 Å². The Kier molecular flexibility index (Phi) is 4.31. The molecule has 0 saturated heterocycles. The fourth-order valence-corrected chi connectivity index (χ4v) is 1.99. The molecule has 0 heterocycles. The van der Waals surface area contributed by atoms with Crippen LogP contribution in [0.25, 0.3) is 0 Å². The molecule has 0 bridgehead atoms. The largest absolute Gasteiger partial charge is 0.348 e. The molecule has 0 saturated carbocycles. The first kappa shape index (κ1) is 12.8. The van der Waals surface area contributed by atoms with Crippen LogP contribution >= 0.6 is 0 Å². The highest BCUT2D eigenvalue weighted by Gasteiger charge is 2.42. The summed E-state index contributed by atoms with van der Waals surface area (Å²) >= 11 is 0. The summed E-state index contributed by atoms with van der Waals surface area (Å²) in [6.07, 6.45) is 0. The zero-order valence-electron chi connectivity index (χ0n) is 8.44. The van der Waals surface area contributed by atoms with E-state index in [1.54, 1.807) is 13.8 Å². The Balaban J connectivity index is 5.04. The number of hydrogen-bond donors (Lipinski definition) is 1.